The molecule has 0 aliphatic carbocycles. The van der Waals surface area contributed by atoms with E-state index in [4.69, 9.17) is 0 Å². The largest absolute Gasteiger partial charge is 0.433 e. The van der Waals surface area contributed by atoms with Crippen LogP contribution in [0.15, 0.2) is 70.7 Å². The van der Waals surface area contributed by atoms with E-state index < -0.39 is 11.9 Å². The lowest BCUT2D eigenvalue weighted by Gasteiger charge is -2.11. The van der Waals surface area contributed by atoms with Crippen LogP contribution in [-0.2, 0) is 11.0 Å². The molecule has 0 unspecified atom stereocenters. The molecule has 0 saturated carbocycles. The molecule has 1 aromatic heterocycles. The molecule has 0 spiro atoms. The second kappa shape index (κ2) is 9.32. The van der Waals surface area contributed by atoms with Crippen LogP contribution in [0.3, 0.4) is 0 Å². The molecule has 150 valence electrons. The predicted molar refractivity (Wildman–Crippen MR) is 110 cm³/mol. The van der Waals surface area contributed by atoms with Crippen LogP contribution in [0.4, 0.5) is 18.9 Å². The van der Waals surface area contributed by atoms with Gasteiger partial charge in [0.15, 0.2) is 5.16 Å². The van der Waals surface area contributed by atoms with E-state index in [0.29, 0.717) is 11.3 Å². The highest BCUT2D eigenvalue weighted by Crippen LogP contribution is 2.32. The Balaban J connectivity index is 1.78. The molecule has 0 aliphatic rings. The number of anilines is 1. The summed E-state index contributed by atoms with van der Waals surface area (Å²) in [6.45, 7) is 0. The van der Waals surface area contributed by atoms with Gasteiger partial charge in [-0.1, -0.05) is 54.2 Å². The molecule has 0 fully saturated rings. The molecule has 29 heavy (non-hydrogen) atoms. The maximum absolute atomic E-state index is 13.3. The van der Waals surface area contributed by atoms with Crippen LogP contribution in [-0.4, -0.2) is 27.9 Å². The number of amides is 1. The van der Waals surface area contributed by atoms with Crippen LogP contribution < -0.4 is 5.32 Å². The Labute approximate surface area is 174 Å². The summed E-state index contributed by atoms with van der Waals surface area (Å²) in [6.07, 6.45) is -2.72. The van der Waals surface area contributed by atoms with E-state index in [-0.39, 0.29) is 22.5 Å². The van der Waals surface area contributed by atoms with Gasteiger partial charge < -0.3 is 5.32 Å². The number of benzene rings is 2. The van der Waals surface area contributed by atoms with Crippen molar-refractivity contribution in [1.82, 2.24) is 9.97 Å². The summed E-state index contributed by atoms with van der Waals surface area (Å²) in [4.78, 5) is 21.0. The zero-order chi connectivity index (χ0) is 20.9. The maximum atomic E-state index is 13.3. The van der Waals surface area contributed by atoms with Crippen LogP contribution >= 0.6 is 23.5 Å². The van der Waals surface area contributed by atoms with Crippen molar-refractivity contribution in [3.05, 3.63) is 66.4 Å². The molecule has 1 amide bonds. The van der Waals surface area contributed by atoms with E-state index >= 15 is 0 Å². The van der Waals surface area contributed by atoms with Crippen LogP contribution in [0.2, 0.25) is 0 Å². The molecule has 3 aromatic rings. The number of halogens is 3. The SMILES string of the molecule is CSc1ccccc1NC(=O)CSc1nc(-c2ccccc2)cc(C(F)(F)F)n1. The number of carbonyl (C=O) groups excluding carboxylic acids is 1. The first kappa shape index (κ1) is 21.2. The molecule has 3 rings (SSSR count). The van der Waals surface area contributed by atoms with Gasteiger partial charge in [-0.2, -0.15) is 13.2 Å². The van der Waals surface area contributed by atoms with Crippen molar-refractivity contribution >= 4 is 35.1 Å². The number of aromatic nitrogens is 2. The Morgan fingerprint density at radius 3 is 2.41 bits per heavy atom. The molecular weight excluding hydrogens is 419 g/mol. The van der Waals surface area contributed by atoms with Crippen LogP contribution in [0.1, 0.15) is 5.69 Å². The van der Waals surface area contributed by atoms with E-state index in [1.807, 2.05) is 18.4 Å². The average molecular weight is 435 g/mol. The van der Waals surface area contributed by atoms with Crippen molar-refractivity contribution in [2.75, 3.05) is 17.3 Å². The van der Waals surface area contributed by atoms with Gasteiger partial charge >= 0.3 is 6.18 Å². The minimum atomic E-state index is -4.61. The molecule has 0 atom stereocenters. The molecule has 9 heteroatoms. The zero-order valence-electron chi connectivity index (χ0n) is 15.2. The number of nitrogens with zero attached hydrogens (tertiary/aromatic N) is 2. The van der Waals surface area contributed by atoms with Crippen molar-refractivity contribution in [3.63, 3.8) is 0 Å². The Kier molecular flexibility index (Phi) is 6.81. The second-order valence-electron chi connectivity index (χ2n) is 5.82. The molecule has 0 aliphatic heterocycles. The highest BCUT2D eigenvalue weighted by Gasteiger charge is 2.34. The summed E-state index contributed by atoms with van der Waals surface area (Å²) in [5, 5.41) is 2.66. The Bertz CT molecular complexity index is 998. The fourth-order valence-electron chi connectivity index (χ4n) is 2.46. The monoisotopic (exact) mass is 435 g/mol. The minimum absolute atomic E-state index is 0.105. The van der Waals surface area contributed by atoms with Crippen molar-refractivity contribution in [2.24, 2.45) is 0 Å². The highest BCUT2D eigenvalue weighted by atomic mass is 32.2. The lowest BCUT2D eigenvalue weighted by molar-refractivity contribution is -0.141. The topological polar surface area (TPSA) is 54.9 Å². The molecule has 0 radical (unpaired) electrons. The summed E-state index contributed by atoms with van der Waals surface area (Å²) >= 11 is 2.34. The van der Waals surface area contributed by atoms with Gasteiger partial charge in [0.2, 0.25) is 5.91 Å². The quantitative estimate of drug-likeness (QED) is 0.403. The molecule has 0 bridgehead atoms. The van der Waals surface area contributed by atoms with Crippen LogP contribution in [0.5, 0.6) is 0 Å². The third-order valence-corrected chi connectivity index (χ3v) is 5.42. The number of carbonyl (C=O) groups is 1. The Hall–Kier alpha value is -2.52. The summed E-state index contributed by atoms with van der Waals surface area (Å²) in [5.41, 5.74) is 0.312. The Morgan fingerprint density at radius 2 is 1.72 bits per heavy atom. The fourth-order valence-corrected chi connectivity index (χ4v) is 3.67. The van der Waals surface area contributed by atoms with Crippen molar-refractivity contribution in [1.29, 1.82) is 0 Å². The van der Waals surface area contributed by atoms with Gasteiger partial charge in [-0.15, -0.1) is 11.8 Å². The number of thioether (sulfide) groups is 2. The molecule has 2 aromatic carbocycles. The predicted octanol–water partition coefficient (Wildman–Crippen LogP) is 5.62. The molecule has 4 nitrogen and oxygen atoms in total. The number of hydrogen-bond acceptors (Lipinski definition) is 5. The van der Waals surface area contributed by atoms with Crippen molar-refractivity contribution in [2.45, 2.75) is 16.2 Å². The van der Waals surface area contributed by atoms with Gasteiger partial charge in [-0.3, -0.25) is 4.79 Å². The van der Waals surface area contributed by atoms with Crippen LogP contribution in [0.25, 0.3) is 11.3 Å². The number of nitrogens with one attached hydrogen (secondary N) is 1. The van der Waals surface area contributed by atoms with Crippen LogP contribution in [0, 0.1) is 0 Å². The van der Waals surface area contributed by atoms with Gasteiger partial charge in [0.1, 0.15) is 5.69 Å². The number of hydrogen-bond donors (Lipinski definition) is 1. The summed E-state index contributed by atoms with van der Waals surface area (Å²) in [6, 6.07) is 16.7. The first-order valence-corrected chi connectivity index (χ1v) is 10.6. The van der Waals surface area contributed by atoms with Gasteiger partial charge in [0.25, 0.3) is 0 Å². The standard InChI is InChI=1S/C20H16F3N3OS2/c1-28-16-10-6-5-9-14(16)24-18(27)12-29-19-25-15(13-7-3-2-4-8-13)11-17(26-19)20(21,22)23/h2-11H,12H2,1H3,(H,24,27). The summed E-state index contributed by atoms with van der Waals surface area (Å²) in [7, 11) is 0. The lowest BCUT2D eigenvalue weighted by atomic mass is 10.1. The average Bonchev–Trinajstić information content (AvgIpc) is 2.72. The third-order valence-electron chi connectivity index (χ3n) is 3.78. The van der Waals surface area contributed by atoms with Crippen molar-refractivity contribution < 1.29 is 18.0 Å². The first-order chi connectivity index (χ1) is 13.9. The summed E-state index contributed by atoms with van der Waals surface area (Å²) in [5.74, 6) is -0.461. The van der Waals surface area contributed by atoms with E-state index in [1.54, 1.807) is 42.5 Å². The van der Waals surface area contributed by atoms with E-state index in [1.165, 1.54) is 11.8 Å². The number of rotatable bonds is 6. The smallest absolute Gasteiger partial charge is 0.324 e. The fraction of sp³-hybridized carbons (Fsp3) is 0.150. The van der Waals surface area contributed by atoms with Gasteiger partial charge in [0.05, 0.1) is 17.1 Å². The first-order valence-electron chi connectivity index (χ1n) is 8.44. The lowest BCUT2D eigenvalue weighted by Crippen LogP contribution is -2.15. The third kappa shape index (κ3) is 5.74. The number of alkyl halides is 3. The minimum Gasteiger partial charge on any atom is -0.324 e. The zero-order valence-corrected chi connectivity index (χ0v) is 16.9. The van der Waals surface area contributed by atoms with Crippen molar-refractivity contribution in [3.8, 4) is 11.3 Å². The maximum Gasteiger partial charge on any atom is 0.433 e. The second-order valence-corrected chi connectivity index (χ2v) is 7.61. The van der Waals surface area contributed by atoms with Gasteiger partial charge in [-0.05, 0) is 24.5 Å². The summed E-state index contributed by atoms with van der Waals surface area (Å²) < 4.78 is 39.8. The molecular formula is C20H16F3N3OS2. The van der Waals surface area contributed by atoms with Gasteiger partial charge in [0, 0.05) is 10.5 Å². The van der Waals surface area contributed by atoms with E-state index in [9.17, 15) is 18.0 Å². The normalized spacial score (nSPS) is 11.3. The molecule has 0 saturated heterocycles. The Morgan fingerprint density at radius 1 is 1.03 bits per heavy atom. The van der Waals surface area contributed by atoms with E-state index in [2.05, 4.69) is 15.3 Å². The highest BCUT2D eigenvalue weighted by molar-refractivity contribution is 7.99. The van der Waals surface area contributed by atoms with E-state index in [0.717, 1.165) is 22.7 Å². The molecule has 1 N–H and O–H groups in total. The van der Waals surface area contributed by atoms with Gasteiger partial charge in [-0.25, -0.2) is 9.97 Å². The molecule has 1 heterocycles. The number of para-hydroxylation sites is 1.